The van der Waals surface area contributed by atoms with E-state index in [1.54, 1.807) is 4.52 Å². The zero-order chi connectivity index (χ0) is 28.8. The smallest absolute Gasteiger partial charge is 0.199 e. The summed E-state index contributed by atoms with van der Waals surface area (Å²) >= 11 is 0. The summed E-state index contributed by atoms with van der Waals surface area (Å²) in [5.41, 5.74) is 9.12. The lowest BCUT2D eigenvalue weighted by molar-refractivity contribution is -0.0963. The van der Waals surface area contributed by atoms with Gasteiger partial charge in [-0.15, -0.1) is 6.42 Å². The van der Waals surface area contributed by atoms with Crippen molar-refractivity contribution in [1.82, 2.24) is 14.6 Å². The van der Waals surface area contributed by atoms with Crippen molar-refractivity contribution < 1.29 is 18.9 Å². The minimum absolute atomic E-state index is 0.239. The molecule has 6 rings (SSSR count). The van der Waals surface area contributed by atoms with Gasteiger partial charge in [-0.05, 0) is 28.8 Å². The summed E-state index contributed by atoms with van der Waals surface area (Å²) in [6, 6.07) is 33.6. The van der Waals surface area contributed by atoms with Crippen LogP contribution in [0.25, 0.3) is 5.52 Å². The highest BCUT2D eigenvalue weighted by atomic mass is 16.6. The van der Waals surface area contributed by atoms with Crippen LogP contribution in [0.5, 0.6) is 0 Å². The van der Waals surface area contributed by atoms with Crippen molar-refractivity contribution in [1.29, 1.82) is 0 Å². The Kier molecular flexibility index (Phi) is 8.26. The molecule has 3 heterocycles. The van der Waals surface area contributed by atoms with Crippen LogP contribution in [0.1, 0.15) is 22.4 Å². The van der Waals surface area contributed by atoms with Crippen LogP contribution in [-0.4, -0.2) is 39.5 Å². The summed E-state index contributed by atoms with van der Waals surface area (Å²) in [5.74, 6) is 3.28. The monoisotopic (exact) mass is 560 g/mol. The standard InChI is InChI=1S/C34H32N4O4/c1-2-34(30-19-18-28-33(35)36-24-37-38(28)30)32(41-22-27-16-10-5-11-17-27)31(40-21-26-14-8-4-9-15-26)29(42-34)23-39-20-25-12-6-3-7-13-25/h1,3-19,24,29,31-32H,20-23H2,(H2,35,36,37). The molecule has 3 aromatic carbocycles. The van der Waals surface area contributed by atoms with Crippen LogP contribution in [0, 0.1) is 12.3 Å². The van der Waals surface area contributed by atoms with Crippen molar-refractivity contribution in [3.8, 4) is 12.3 Å². The second kappa shape index (κ2) is 12.6. The fraction of sp³-hybridized carbons (Fsp3) is 0.235. The Morgan fingerprint density at radius 1 is 0.810 bits per heavy atom. The molecule has 0 amide bonds. The van der Waals surface area contributed by atoms with E-state index in [2.05, 4.69) is 16.0 Å². The first-order chi connectivity index (χ1) is 20.7. The molecular weight excluding hydrogens is 528 g/mol. The Balaban J connectivity index is 1.37. The summed E-state index contributed by atoms with van der Waals surface area (Å²) in [7, 11) is 0. The Bertz CT molecular complexity index is 1640. The van der Waals surface area contributed by atoms with E-state index < -0.39 is 23.9 Å². The minimum atomic E-state index is -1.36. The maximum Gasteiger partial charge on any atom is 0.199 e. The zero-order valence-corrected chi connectivity index (χ0v) is 23.1. The van der Waals surface area contributed by atoms with E-state index in [1.807, 2.05) is 103 Å². The Morgan fingerprint density at radius 3 is 2.02 bits per heavy atom. The summed E-state index contributed by atoms with van der Waals surface area (Å²) in [4.78, 5) is 4.13. The van der Waals surface area contributed by atoms with Crippen molar-refractivity contribution in [2.45, 2.75) is 43.7 Å². The van der Waals surface area contributed by atoms with E-state index in [-0.39, 0.29) is 6.61 Å². The number of benzene rings is 3. The van der Waals surface area contributed by atoms with Gasteiger partial charge in [0.1, 0.15) is 30.2 Å². The maximum absolute atomic E-state index is 6.80. The molecule has 0 saturated carbocycles. The molecule has 0 aliphatic carbocycles. The van der Waals surface area contributed by atoms with Gasteiger partial charge in [-0.3, -0.25) is 0 Å². The van der Waals surface area contributed by atoms with Crippen LogP contribution in [-0.2, 0) is 44.4 Å². The number of aromatic nitrogens is 3. The van der Waals surface area contributed by atoms with E-state index in [1.165, 1.54) is 6.33 Å². The minimum Gasteiger partial charge on any atom is -0.382 e. The number of hydrogen-bond donors (Lipinski definition) is 1. The van der Waals surface area contributed by atoms with E-state index in [0.29, 0.717) is 36.8 Å². The van der Waals surface area contributed by atoms with Gasteiger partial charge in [-0.1, -0.05) is 96.9 Å². The topological polar surface area (TPSA) is 93.1 Å². The molecule has 2 N–H and O–H groups in total. The van der Waals surface area contributed by atoms with Gasteiger partial charge in [-0.25, -0.2) is 9.50 Å². The lowest BCUT2D eigenvalue weighted by Crippen LogP contribution is -2.44. The molecule has 5 aromatic rings. The van der Waals surface area contributed by atoms with Gasteiger partial charge >= 0.3 is 0 Å². The van der Waals surface area contributed by atoms with Crippen LogP contribution in [0.2, 0.25) is 0 Å². The molecule has 42 heavy (non-hydrogen) atoms. The molecule has 8 nitrogen and oxygen atoms in total. The predicted octanol–water partition coefficient (Wildman–Crippen LogP) is 4.93. The van der Waals surface area contributed by atoms with Crippen molar-refractivity contribution in [3.63, 3.8) is 0 Å². The van der Waals surface area contributed by atoms with Gasteiger partial charge in [0.25, 0.3) is 0 Å². The summed E-state index contributed by atoms with van der Waals surface area (Å²) < 4.78 is 27.9. The molecule has 1 aliphatic heterocycles. The number of hydrogen-bond acceptors (Lipinski definition) is 7. The van der Waals surface area contributed by atoms with Crippen molar-refractivity contribution in [3.05, 3.63) is 132 Å². The Hall–Kier alpha value is -4.52. The van der Waals surface area contributed by atoms with Gasteiger partial charge < -0.3 is 24.7 Å². The van der Waals surface area contributed by atoms with Crippen molar-refractivity contribution >= 4 is 11.3 Å². The molecule has 8 heteroatoms. The average molecular weight is 561 g/mol. The molecule has 212 valence electrons. The van der Waals surface area contributed by atoms with Crippen LogP contribution >= 0.6 is 0 Å². The van der Waals surface area contributed by atoms with Gasteiger partial charge in [0.2, 0.25) is 0 Å². The van der Waals surface area contributed by atoms with Gasteiger partial charge in [0, 0.05) is 0 Å². The number of nitrogens with two attached hydrogens (primary N) is 1. The zero-order valence-electron chi connectivity index (χ0n) is 23.1. The molecular formula is C34H32N4O4. The molecule has 0 radical (unpaired) electrons. The lowest BCUT2D eigenvalue weighted by Gasteiger charge is -2.31. The number of rotatable bonds is 11. The highest BCUT2D eigenvalue weighted by Gasteiger charge is 2.58. The number of nitrogens with zero attached hydrogens (tertiary/aromatic N) is 3. The summed E-state index contributed by atoms with van der Waals surface area (Å²) in [6.07, 6.45) is 5.95. The Morgan fingerprint density at radius 2 is 1.40 bits per heavy atom. The van der Waals surface area contributed by atoms with E-state index in [4.69, 9.17) is 31.1 Å². The molecule has 0 bridgehead atoms. The van der Waals surface area contributed by atoms with Crippen molar-refractivity contribution in [2.75, 3.05) is 12.3 Å². The van der Waals surface area contributed by atoms with E-state index in [9.17, 15) is 0 Å². The molecule has 0 spiro atoms. The summed E-state index contributed by atoms with van der Waals surface area (Å²) in [6.45, 7) is 1.31. The van der Waals surface area contributed by atoms with Crippen LogP contribution in [0.4, 0.5) is 5.82 Å². The van der Waals surface area contributed by atoms with Gasteiger partial charge in [-0.2, -0.15) is 5.10 Å². The third-order valence-corrected chi connectivity index (χ3v) is 7.43. The molecule has 2 aromatic heterocycles. The first-order valence-electron chi connectivity index (χ1n) is 13.8. The van der Waals surface area contributed by atoms with E-state index in [0.717, 1.165) is 16.7 Å². The third kappa shape index (κ3) is 5.64. The summed E-state index contributed by atoms with van der Waals surface area (Å²) in [5, 5.41) is 4.46. The fourth-order valence-electron chi connectivity index (χ4n) is 5.36. The van der Waals surface area contributed by atoms with E-state index >= 15 is 0 Å². The molecule has 1 aliphatic rings. The van der Waals surface area contributed by atoms with Crippen LogP contribution < -0.4 is 5.73 Å². The third-order valence-electron chi connectivity index (χ3n) is 7.43. The number of terminal acetylenes is 1. The van der Waals surface area contributed by atoms with Gasteiger partial charge in [0.05, 0.1) is 32.1 Å². The number of fused-ring (bicyclic) bond motifs is 1. The van der Waals surface area contributed by atoms with Gasteiger partial charge in [0.15, 0.2) is 11.4 Å². The maximum atomic E-state index is 6.80. The van der Waals surface area contributed by atoms with Crippen molar-refractivity contribution in [2.24, 2.45) is 0 Å². The highest BCUT2D eigenvalue weighted by molar-refractivity contribution is 5.66. The number of anilines is 1. The predicted molar refractivity (Wildman–Crippen MR) is 159 cm³/mol. The first-order valence-corrected chi connectivity index (χ1v) is 13.8. The average Bonchev–Trinajstić information content (AvgIpc) is 3.61. The number of ether oxygens (including phenoxy) is 4. The largest absolute Gasteiger partial charge is 0.382 e. The SMILES string of the molecule is C#CC1(c2ccc3c(N)ncnn23)OC(COCc2ccccc2)C(OCc2ccccc2)C1OCc1ccccc1. The fourth-order valence-corrected chi connectivity index (χ4v) is 5.36. The Labute approximate surface area is 245 Å². The molecule has 1 saturated heterocycles. The van der Waals surface area contributed by atoms with Crippen LogP contribution in [0.15, 0.2) is 109 Å². The quantitative estimate of drug-likeness (QED) is 0.229. The van der Waals surface area contributed by atoms with Crippen LogP contribution in [0.3, 0.4) is 0 Å². The second-order valence-corrected chi connectivity index (χ2v) is 10.2. The number of nitrogen functional groups attached to an aromatic ring is 1. The second-order valence-electron chi connectivity index (χ2n) is 10.2. The molecule has 4 unspecified atom stereocenters. The normalized spacial score (nSPS) is 21.8. The highest BCUT2D eigenvalue weighted by Crippen LogP contribution is 2.44. The lowest BCUT2D eigenvalue weighted by atomic mass is 9.91. The molecule has 1 fully saturated rings. The first kappa shape index (κ1) is 27.6. The molecule has 4 atom stereocenters.